The van der Waals surface area contributed by atoms with Crippen molar-refractivity contribution in [3.05, 3.63) is 94.0 Å². The molecule has 0 spiro atoms. The molecule has 2 aliphatic heterocycles. The van der Waals surface area contributed by atoms with Gasteiger partial charge in [0.25, 0.3) is 6.01 Å². The highest BCUT2D eigenvalue weighted by molar-refractivity contribution is 6.35. The first-order chi connectivity index (χ1) is 21.9. The van der Waals surface area contributed by atoms with Crippen LogP contribution in [0.15, 0.2) is 59.0 Å². The highest BCUT2D eigenvalue weighted by Gasteiger charge is 2.28. The van der Waals surface area contributed by atoms with E-state index in [0.717, 1.165) is 55.8 Å². The third-order valence-corrected chi connectivity index (χ3v) is 9.20. The number of carbonyl (C=O) groups is 1. The number of fused-ring (bicyclic) bond motifs is 2. The Bertz CT molecular complexity index is 1880. The molecule has 2 aromatic heterocycles. The molecule has 2 saturated heterocycles. The molecule has 0 N–H and O–H groups in total. The van der Waals surface area contributed by atoms with Crippen molar-refractivity contribution < 1.29 is 32.2 Å². The minimum atomic E-state index is -0.726. The number of aromatic nitrogens is 2. The molecule has 1 atom stereocenters. The Labute approximate surface area is 263 Å². The van der Waals surface area contributed by atoms with E-state index in [9.17, 15) is 9.18 Å². The molecule has 8 nitrogen and oxygen atoms in total. The first-order valence-electron chi connectivity index (χ1n) is 15.1. The minimum absolute atomic E-state index is 0.0337. The number of carbonyl (C=O) groups excluding carboxylic acids is 1. The second-order valence-corrected chi connectivity index (χ2v) is 12.0. The van der Waals surface area contributed by atoms with Crippen LogP contribution in [0.1, 0.15) is 52.5 Å². The third kappa shape index (κ3) is 5.90. The van der Waals surface area contributed by atoms with Gasteiger partial charge in [-0.25, -0.2) is 14.2 Å². The molecule has 0 saturated carbocycles. The fraction of sp³-hybridized carbons (Fsp3) is 0.353. The summed E-state index contributed by atoms with van der Waals surface area (Å²) in [6, 6.07) is 14.2. The largest absolute Gasteiger partial charge is 0.488 e. The maximum Gasteiger partial charge on any atom is 0.337 e. The summed E-state index contributed by atoms with van der Waals surface area (Å²) < 4.78 is 53.3. The summed E-state index contributed by atoms with van der Waals surface area (Å²) in [5.41, 5.74) is 3.67. The Balaban J connectivity index is 1.07. The molecule has 4 heterocycles. The number of hydrogen-bond acceptors (Lipinski definition) is 7. The second-order valence-electron chi connectivity index (χ2n) is 11.6. The van der Waals surface area contributed by atoms with E-state index >= 15 is 4.39 Å². The zero-order valence-corrected chi connectivity index (χ0v) is 25.5. The standard InChI is InChI=1S/C34H32ClF2N3O5/c1-42-34(41)21-6-8-27-28(15-21)40(17-23-11-14-43-23)31(38-27)18-39-12-9-20(10-13-39)32-26(36)3-2-4-29(32)44-19-22-5-7-25(35)24-16-30(37)45-33(22)24/h2-8,15-16,20,23H,9-14,17-19H2,1H3/t23-/m0/s1. The second kappa shape index (κ2) is 12.4. The van der Waals surface area contributed by atoms with Crippen LogP contribution >= 0.6 is 11.6 Å². The molecule has 5 aromatic rings. The highest BCUT2D eigenvalue weighted by Crippen LogP contribution is 2.38. The summed E-state index contributed by atoms with van der Waals surface area (Å²) in [4.78, 5) is 19.5. The number of imidazole rings is 1. The number of ether oxygens (including phenoxy) is 3. The predicted octanol–water partition coefficient (Wildman–Crippen LogP) is 7.25. The monoisotopic (exact) mass is 635 g/mol. The van der Waals surface area contributed by atoms with E-state index in [0.29, 0.717) is 51.5 Å². The number of methoxy groups -OCH3 is 1. The summed E-state index contributed by atoms with van der Waals surface area (Å²) in [5.74, 6) is 0.640. The lowest BCUT2D eigenvalue weighted by Gasteiger charge is -2.33. The van der Waals surface area contributed by atoms with Crippen LogP contribution < -0.4 is 4.74 Å². The van der Waals surface area contributed by atoms with Crippen LogP contribution in [0.4, 0.5) is 8.78 Å². The average Bonchev–Trinajstić information content (AvgIpc) is 3.58. The summed E-state index contributed by atoms with van der Waals surface area (Å²) in [6.07, 6.45) is 2.58. The maximum atomic E-state index is 15.3. The third-order valence-electron chi connectivity index (χ3n) is 8.87. The Hall–Kier alpha value is -3.99. The first-order valence-corrected chi connectivity index (χ1v) is 15.4. The van der Waals surface area contributed by atoms with Gasteiger partial charge in [-0.3, -0.25) is 4.90 Å². The SMILES string of the molecule is COC(=O)c1ccc2nc(CN3CCC(c4c(F)cccc4OCc4ccc(Cl)c5cc(F)oc45)CC3)n(C[C@@H]3CCO3)c2c1. The van der Waals surface area contributed by atoms with Crippen LogP contribution in [-0.2, 0) is 29.2 Å². The summed E-state index contributed by atoms with van der Waals surface area (Å²) in [7, 11) is 1.37. The van der Waals surface area contributed by atoms with Gasteiger partial charge in [-0.2, -0.15) is 4.39 Å². The number of nitrogens with zero attached hydrogens (tertiary/aromatic N) is 3. The van der Waals surface area contributed by atoms with E-state index in [-0.39, 0.29) is 30.4 Å². The zero-order valence-electron chi connectivity index (χ0n) is 24.7. The molecule has 0 bridgehead atoms. The fourth-order valence-corrected chi connectivity index (χ4v) is 6.58. The number of furan rings is 1. The number of esters is 1. The smallest absolute Gasteiger partial charge is 0.337 e. The maximum absolute atomic E-state index is 15.3. The van der Waals surface area contributed by atoms with E-state index in [2.05, 4.69) is 9.47 Å². The van der Waals surface area contributed by atoms with Gasteiger partial charge in [-0.15, -0.1) is 0 Å². The molecule has 0 unspecified atom stereocenters. The normalized spacial score (nSPS) is 17.6. The first kappa shape index (κ1) is 29.7. The molecule has 0 aliphatic carbocycles. The Morgan fingerprint density at radius 1 is 1.09 bits per heavy atom. The Morgan fingerprint density at radius 3 is 2.67 bits per heavy atom. The molecule has 45 heavy (non-hydrogen) atoms. The number of rotatable bonds is 9. The van der Waals surface area contributed by atoms with Crippen molar-refractivity contribution in [2.45, 2.75) is 51.0 Å². The van der Waals surface area contributed by atoms with Gasteiger partial charge in [0.2, 0.25) is 0 Å². The van der Waals surface area contributed by atoms with E-state index < -0.39 is 6.01 Å². The van der Waals surface area contributed by atoms with Gasteiger partial charge >= 0.3 is 5.97 Å². The van der Waals surface area contributed by atoms with E-state index in [1.54, 1.807) is 30.3 Å². The highest BCUT2D eigenvalue weighted by atomic mass is 35.5. The molecule has 234 valence electrons. The summed E-state index contributed by atoms with van der Waals surface area (Å²) >= 11 is 6.20. The lowest BCUT2D eigenvalue weighted by atomic mass is 9.88. The van der Waals surface area contributed by atoms with Gasteiger partial charge in [0.05, 0.1) is 47.9 Å². The van der Waals surface area contributed by atoms with Crippen molar-refractivity contribution in [3.63, 3.8) is 0 Å². The van der Waals surface area contributed by atoms with Crippen LogP contribution in [-0.4, -0.2) is 53.3 Å². The van der Waals surface area contributed by atoms with Crippen LogP contribution in [0, 0.1) is 11.8 Å². The Morgan fingerprint density at radius 2 is 1.91 bits per heavy atom. The van der Waals surface area contributed by atoms with Crippen molar-refractivity contribution in [3.8, 4) is 5.75 Å². The summed E-state index contributed by atoms with van der Waals surface area (Å²) in [6.45, 7) is 3.61. The lowest BCUT2D eigenvalue weighted by molar-refractivity contribution is -0.0592. The van der Waals surface area contributed by atoms with Crippen LogP contribution in [0.2, 0.25) is 5.02 Å². The number of hydrogen-bond donors (Lipinski definition) is 0. The molecule has 0 radical (unpaired) electrons. The van der Waals surface area contributed by atoms with Crippen LogP contribution in [0.25, 0.3) is 22.0 Å². The van der Waals surface area contributed by atoms with Gasteiger partial charge in [0.15, 0.2) is 0 Å². The molecule has 0 amide bonds. The van der Waals surface area contributed by atoms with Crippen molar-refractivity contribution in [2.24, 2.45) is 0 Å². The predicted molar refractivity (Wildman–Crippen MR) is 165 cm³/mol. The van der Waals surface area contributed by atoms with Crippen LogP contribution in [0.5, 0.6) is 5.75 Å². The molecule has 2 fully saturated rings. The van der Waals surface area contributed by atoms with Gasteiger partial charge in [-0.05, 0) is 74.7 Å². The van der Waals surface area contributed by atoms with E-state index in [4.69, 9.17) is 35.2 Å². The topological polar surface area (TPSA) is 79.0 Å². The molecular weight excluding hydrogens is 604 g/mol. The summed E-state index contributed by atoms with van der Waals surface area (Å²) in [5, 5.41) is 0.859. The number of piperidine rings is 1. The molecule has 11 heteroatoms. The van der Waals surface area contributed by atoms with Crippen molar-refractivity contribution >= 4 is 39.6 Å². The lowest BCUT2D eigenvalue weighted by Crippen LogP contribution is -2.35. The number of benzene rings is 3. The van der Waals surface area contributed by atoms with E-state index in [1.807, 2.05) is 12.1 Å². The van der Waals surface area contributed by atoms with Gasteiger partial charge in [0, 0.05) is 29.2 Å². The molecule has 3 aromatic carbocycles. The number of halogens is 3. The van der Waals surface area contributed by atoms with Gasteiger partial charge in [0.1, 0.15) is 29.6 Å². The Kier molecular flexibility index (Phi) is 8.20. The average molecular weight is 636 g/mol. The van der Waals surface area contributed by atoms with E-state index in [1.165, 1.54) is 19.2 Å². The van der Waals surface area contributed by atoms with Crippen molar-refractivity contribution in [1.82, 2.24) is 14.5 Å². The van der Waals surface area contributed by atoms with Crippen molar-refractivity contribution in [2.75, 3.05) is 26.8 Å². The molecule has 2 aliphatic rings. The van der Waals surface area contributed by atoms with Crippen molar-refractivity contribution in [1.29, 1.82) is 0 Å². The molecule has 7 rings (SSSR count). The van der Waals surface area contributed by atoms with Gasteiger partial charge < -0.3 is 23.2 Å². The fourth-order valence-electron chi connectivity index (χ4n) is 6.38. The van der Waals surface area contributed by atoms with Gasteiger partial charge in [-0.1, -0.05) is 23.7 Å². The molecular formula is C34H32ClF2N3O5. The zero-order chi connectivity index (χ0) is 31.1. The minimum Gasteiger partial charge on any atom is -0.488 e. The number of likely N-dealkylation sites (tertiary alicyclic amines) is 1. The quantitative estimate of drug-likeness (QED) is 0.158. The van der Waals surface area contributed by atoms with Crippen LogP contribution in [0.3, 0.4) is 0 Å².